The highest BCUT2D eigenvalue weighted by Crippen LogP contribution is 2.16. The molecule has 2 aromatic rings. The van der Waals surface area contributed by atoms with Crippen molar-refractivity contribution in [2.24, 2.45) is 4.99 Å². The third-order valence-corrected chi connectivity index (χ3v) is 4.60. The lowest BCUT2D eigenvalue weighted by molar-refractivity contribution is -0.137. The van der Waals surface area contributed by atoms with Crippen LogP contribution in [0.4, 0.5) is 5.13 Å². The average Bonchev–Trinajstić information content (AvgIpc) is 3.38. The van der Waals surface area contributed by atoms with Gasteiger partial charge in [0.25, 0.3) is 5.91 Å². The molecule has 0 saturated heterocycles. The highest BCUT2D eigenvalue weighted by atomic mass is 32.1. The maximum atomic E-state index is 12.2. The lowest BCUT2D eigenvalue weighted by atomic mass is 10.1. The fraction of sp³-hybridized carbons (Fsp3) is 0.294. The normalized spacial score (nSPS) is 13.7. The third-order valence-electron chi connectivity index (χ3n) is 3.85. The summed E-state index contributed by atoms with van der Waals surface area (Å²) < 4.78 is 0. The quantitative estimate of drug-likeness (QED) is 0.401. The molecule has 0 saturated carbocycles. The maximum Gasteiger partial charge on any atom is 0.305 e. The van der Waals surface area contributed by atoms with Crippen molar-refractivity contribution in [1.29, 1.82) is 0 Å². The molecule has 0 aromatic carbocycles. The fourth-order valence-electron chi connectivity index (χ4n) is 2.52. The van der Waals surface area contributed by atoms with E-state index < -0.39 is 23.8 Å². The van der Waals surface area contributed by atoms with Crippen LogP contribution in [0.1, 0.15) is 28.5 Å². The molecule has 0 bridgehead atoms. The first-order valence-corrected chi connectivity index (χ1v) is 9.59. The molecular formula is C17H19N7O4S. The number of aromatic nitrogens is 2. The lowest BCUT2D eigenvalue weighted by Crippen LogP contribution is -2.39. The summed E-state index contributed by atoms with van der Waals surface area (Å²) in [5, 5.41) is 22.2. The summed E-state index contributed by atoms with van der Waals surface area (Å²) in [6.45, 7) is 1.11. The van der Waals surface area contributed by atoms with E-state index in [9.17, 15) is 14.4 Å². The van der Waals surface area contributed by atoms with Gasteiger partial charge in [-0.05, 0) is 11.6 Å². The van der Waals surface area contributed by atoms with Crippen molar-refractivity contribution in [3.05, 3.63) is 41.2 Å². The molecule has 1 aliphatic rings. The zero-order valence-electron chi connectivity index (χ0n) is 15.2. The Bertz CT molecular complexity index is 916. The van der Waals surface area contributed by atoms with Gasteiger partial charge in [-0.15, -0.1) is 11.3 Å². The van der Waals surface area contributed by atoms with E-state index in [1.165, 1.54) is 17.5 Å². The Kier molecular flexibility index (Phi) is 6.68. The maximum absolute atomic E-state index is 12.2. The van der Waals surface area contributed by atoms with Gasteiger partial charge in [-0.3, -0.25) is 24.4 Å². The van der Waals surface area contributed by atoms with Gasteiger partial charge in [0.2, 0.25) is 5.91 Å². The summed E-state index contributed by atoms with van der Waals surface area (Å²) in [7, 11) is 0. The number of hydrogen-bond acceptors (Lipinski definition) is 9. The number of rotatable bonds is 8. The van der Waals surface area contributed by atoms with E-state index in [1.54, 1.807) is 23.7 Å². The number of carbonyl (C=O) groups excluding carboxylic acids is 2. The minimum absolute atomic E-state index is 0.165. The van der Waals surface area contributed by atoms with Crippen LogP contribution < -0.4 is 21.3 Å². The SMILES string of the molecule is O=C(O)C[C@H](NC(=O)CNC(=O)c1csc(NC2=NCCN2)n1)c1cccnc1. The smallest absolute Gasteiger partial charge is 0.305 e. The largest absolute Gasteiger partial charge is 0.481 e. The molecule has 0 unspecified atom stereocenters. The summed E-state index contributed by atoms with van der Waals surface area (Å²) in [5.41, 5.74) is 0.728. The molecule has 1 aliphatic heterocycles. The Morgan fingerprint density at radius 2 is 2.21 bits per heavy atom. The van der Waals surface area contributed by atoms with E-state index in [0.717, 1.165) is 6.54 Å². The van der Waals surface area contributed by atoms with E-state index in [1.807, 2.05) is 0 Å². The summed E-state index contributed by atoms with van der Waals surface area (Å²) in [6, 6.07) is 2.58. The van der Waals surface area contributed by atoms with Gasteiger partial charge >= 0.3 is 5.97 Å². The molecule has 5 N–H and O–H groups in total. The molecule has 12 heteroatoms. The fourth-order valence-corrected chi connectivity index (χ4v) is 3.21. The number of aliphatic carboxylic acids is 1. The lowest BCUT2D eigenvalue weighted by Gasteiger charge is -2.17. The Hall–Kier alpha value is -3.54. The monoisotopic (exact) mass is 417 g/mol. The molecule has 0 radical (unpaired) electrons. The van der Waals surface area contributed by atoms with E-state index >= 15 is 0 Å². The number of anilines is 1. The second-order valence-electron chi connectivity index (χ2n) is 6.01. The number of carboxylic acid groups (broad SMARTS) is 1. The van der Waals surface area contributed by atoms with Gasteiger partial charge in [-0.1, -0.05) is 6.07 Å². The van der Waals surface area contributed by atoms with Crippen molar-refractivity contribution in [1.82, 2.24) is 25.9 Å². The molecule has 1 atom stereocenters. The topological polar surface area (TPSA) is 158 Å². The Labute approximate surface area is 169 Å². The Morgan fingerprint density at radius 3 is 2.90 bits per heavy atom. The number of hydrogen-bond donors (Lipinski definition) is 5. The third kappa shape index (κ3) is 5.97. The van der Waals surface area contributed by atoms with E-state index in [4.69, 9.17) is 5.11 Å². The van der Waals surface area contributed by atoms with Crippen LogP contribution in [0.5, 0.6) is 0 Å². The molecule has 0 aliphatic carbocycles. The molecule has 0 spiro atoms. The number of pyridine rings is 1. The molecule has 152 valence electrons. The number of guanidine groups is 1. The predicted molar refractivity (Wildman–Crippen MR) is 106 cm³/mol. The molecule has 3 heterocycles. The summed E-state index contributed by atoms with van der Waals surface area (Å²) >= 11 is 1.24. The zero-order valence-corrected chi connectivity index (χ0v) is 16.0. The molecule has 2 amide bonds. The number of aliphatic imine (C=N–C) groups is 1. The summed E-state index contributed by atoms with van der Waals surface area (Å²) in [6.07, 6.45) is 2.74. The second-order valence-corrected chi connectivity index (χ2v) is 6.87. The molecule has 2 aromatic heterocycles. The number of carboxylic acids is 1. The van der Waals surface area contributed by atoms with E-state index in [-0.39, 0.29) is 18.7 Å². The van der Waals surface area contributed by atoms with Crippen molar-refractivity contribution in [3.63, 3.8) is 0 Å². The molecule has 29 heavy (non-hydrogen) atoms. The number of thiazole rings is 1. The van der Waals surface area contributed by atoms with Gasteiger partial charge < -0.3 is 26.4 Å². The van der Waals surface area contributed by atoms with Crippen LogP contribution in [0.2, 0.25) is 0 Å². The van der Waals surface area contributed by atoms with E-state index in [2.05, 4.69) is 36.2 Å². The van der Waals surface area contributed by atoms with Crippen LogP contribution in [-0.4, -0.2) is 58.5 Å². The van der Waals surface area contributed by atoms with Gasteiger partial charge in [0.05, 0.1) is 25.6 Å². The van der Waals surface area contributed by atoms with Crippen molar-refractivity contribution in [3.8, 4) is 0 Å². The van der Waals surface area contributed by atoms with Gasteiger partial charge in [0.1, 0.15) is 5.69 Å². The minimum atomic E-state index is -1.06. The minimum Gasteiger partial charge on any atom is -0.481 e. The second kappa shape index (κ2) is 9.59. The van der Waals surface area contributed by atoms with Crippen molar-refractivity contribution in [2.45, 2.75) is 12.5 Å². The molecule has 3 rings (SSSR count). The van der Waals surface area contributed by atoms with Crippen LogP contribution >= 0.6 is 11.3 Å². The highest BCUT2D eigenvalue weighted by Gasteiger charge is 2.19. The molecule has 11 nitrogen and oxygen atoms in total. The standard InChI is InChI=1S/C17H19N7O4S/c25-13(22-11(6-14(26)27)10-2-1-3-18-7-10)8-21-15(28)12-9-29-17(23-12)24-16-19-4-5-20-16/h1-3,7,9,11H,4-6,8H2,(H,21,28)(H,22,25)(H,26,27)(H2,19,20,23,24)/t11-/m0/s1. The van der Waals surface area contributed by atoms with Crippen LogP contribution in [0.15, 0.2) is 34.9 Å². The van der Waals surface area contributed by atoms with Crippen LogP contribution in [0.25, 0.3) is 0 Å². The molecular weight excluding hydrogens is 398 g/mol. The zero-order chi connectivity index (χ0) is 20.6. The van der Waals surface area contributed by atoms with Crippen molar-refractivity contribution < 1.29 is 19.5 Å². The Balaban J connectivity index is 1.51. The highest BCUT2D eigenvalue weighted by molar-refractivity contribution is 7.14. The first-order valence-electron chi connectivity index (χ1n) is 8.71. The van der Waals surface area contributed by atoms with Gasteiger partial charge in [0.15, 0.2) is 11.1 Å². The van der Waals surface area contributed by atoms with Crippen LogP contribution in [0, 0.1) is 0 Å². The number of carbonyl (C=O) groups is 3. The predicted octanol–water partition coefficient (Wildman–Crippen LogP) is -0.0288. The van der Waals surface area contributed by atoms with Gasteiger partial charge in [-0.2, -0.15) is 0 Å². The van der Waals surface area contributed by atoms with Gasteiger partial charge in [-0.25, -0.2) is 4.98 Å². The first kappa shape index (κ1) is 20.2. The van der Waals surface area contributed by atoms with Gasteiger partial charge in [0, 0.05) is 24.3 Å². The number of nitrogens with zero attached hydrogens (tertiary/aromatic N) is 3. The summed E-state index contributed by atoms with van der Waals surface area (Å²) in [5.74, 6) is -1.49. The van der Waals surface area contributed by atoms with Crippen LogP contribution in [-0.2, 0) is 9.59 Å². The van der Waals surface area contributed by atoms with E-state index in [0.29, 0.717) is 23.2 Å². The van der Waals surface area contributed by atoms with Crippen molar-refractivity contribution >= 4 is 40.2 Å². The van der Waals surface area contributed by atoms with Crippen LogP contribution in [0.3, 0.4) is 0 Å². The average molecular weight is 417 g/mol. The van der Waals surface area contributed by atoms with Crippen molar-refractivity contribution in [2.75, 3.05) is 25.0 Å². The molecule has 0 fully saturated rings. The Morgan fingerprint density at radius 1 is 1.34 bits per heavy atom. The first-order chi connectivity index (χ1) is 14.0. The summed E-state index contributed by atoms with van der Waals surface area (Å²) in [4.78, 5) is 47.7. The number of nitrogens with one attached hydrogen (secondary N) is 4. The number of amides is 2.